The summed E-state index contributed by atoms with van der Waals surface area (Å²) < 4.78 is 0. The van der Waals surface area contributed by atoms with Crippen molar-refractivity contribution in [3.05, 3.63) is 35.4 Å². The topological polar surface area (TPSA) is 40.5 Å². The minimum Gasteiger partial charge on any atom is -0.552 e. The van der Waals surface area contributed by atoms with Gasteiger partial charge in [-0.3, -0.25) is 0 Å². The quantitative estimate of drug-likeness (QED) is 0.167. The second kappa shape index (κ2) is 16.7. The van der Waals surface area contributed by atoms with Gasteiger partial charge < -0.3 is 10.2 Å². The first-order valence-electron chi connectivity index (χ1n) is 13.7. The number of benzene rings is 2. The van der Waals surface area contributed by atoms with Crippen LogP contribution in [0.25, 0.3) is 11.1 Å². The summed E-state index contributed by atoms with van der Waals surface area (Å²) in [4.78, 5) is 0. The maximum absolute atomic E-state index is 11.8. The summed E-state index contributed by atoms with van der Waals surface area (Å²) in [5.41, 5.74) is 3.37. The summed E-state index contributed by atoms with van der Waals surface area (Å²) in [7, 11) is -3.70. The van der Waals surface area contributed by atoms with Crippen LogP contribution in [0.4, 0.5) is 0 Å². The van der Waals surface area contributed by atoms with Gasteiger partial charge in [-0.2, -0.15) is 17.7 Å². The van der Waals surface area contributed by atoms with Gasteiger partial charge in [0.15, 0.2) is 0 Å². The molecule has 0 heterocycles. The number of aryl methyl sites for hydroxylation is 2. The summed E-state index contributed by atoms with van der Waals surface area (Å²) >= 11 is 0. The molecule has 0 fully saturated rings. The standard InChI is InChI=1S/C30H48O2Si2.2Y/c1-9-15-19-33(11-3,12-4)26-18-17-24(8)28(30(26)32)25-21-23(7)22-27(29(25)31)34(13-5,14-6)20-16-10-2;;/h18,22,31-32H,9-16,19-20H2,1-8H3;;/q-2;;. The van der Waals surface area contributed by atoms with Gasteiger partial charge in [-0.15, -0.1) is 28.4 Å². The van der Waals surface area contributed by atoms with Gasteiger partial charge in [0, 0.05) is 85.0 Å². The van der Waals surface area contributed by atoms with E-state index in [-0.39, 0.29) is 65.4 Å². The molecule has 2 rings (SSSR count). The molecule has 2 N–H and O–H groups in total. The summed E-state index contributed by atoms with van der Waals surface area (Å²) in [5, 5.41) is 25.8. The van der Waals surface area contributed by atoms with Crippen LogP contribution < -0.4 is 10.4 Å². The van der Waals surface area contributed by atoms with Crippen molar-refractivity contribution in [3.8, 4) is 22.6 Å². The van der Waals surface area contributed by atoms with Crippen molar-refractivity contribution in [1.82, 2.24) is 0 Å². The first kappa shape index (κ1) is 36.7. The van der Waals surface area contributed by atoms with Gasteiger partial charge in [-0.05, 0) is 0 Å². The molecule has 2 aromatic rings. The minimum absolute atomic E-state index is 0. The van der Waals surface area contributed by atoms with Gasteiger partial charge in [0.05, 0.1) is 8.07 Å². The zero-order valence-corrected chi connectivity index (χ0v) is 32.0. The second-order valence-electron chi connectivity index (χ2n) is 10.3. The molecule has 0 aliphatic carbocycles. The smallest absolute Gasteiger partial charge is 0.0695 e. The number of phenols is 2. The van der Waals surface area contributed by atoms with Crippen LogP contribution in [0.15, 0.2) is 12.1 Å². The predicted octanol–water partition coefficient (Wildman–Crippen LogP) is 7.97. The van der Waals surface area contributed by atoms with Gasteiger partial charge in [-0.25, -0.2) is 0 Å². The van der Waals surface area contributed by atoms with E-state index in [2.05, 4.69) is 72.7 Å². The largest absolute Gasteiger partial charge is 0.552 e. The third-order valence-corrected chi connectivity index (χ3v) is 19.7. The van der Waals surface area contributed by atoms with Crippen molar-refractivity contribution in [2.24, 2.45) is 0 Å². The Balaban J connectivity index is 0.00000612. The normalized spacial score (nSPS) is 11.7. The van der Waals surface area contributed by atoms with Crippen LogP contribution in [0, 0.1) is 26.0 Å². The molecular weight excluding hydrogens is 626 g/mol. The van der Waals surface area contributed by atoms with E-state index in [1.807, 2.05) is 6.92 Å². The molecular formula is C30H48O2Si2Y2-2. The van der Waals surface area contributed by atoms with Crippen LogP contribution >= 0.6 is 0 Å². The fraction of sp³-hybridized carbons (Fsp3) is 0.600. The minimum atomic E-state index is -1.85. The first-order valence-corrected chi connectivity index (χ1v) is 19.0. The molecule has 0 aliphatic heterocycles. The monoisotopic (exact) mass is 674 g/mol. The fourth-order valence-electron chi connectivity index (χ4n) is 5.91. The molecule has 0 bridgehead atoms. The van der Waals surface area contributed by atoms with E-state index in [1.165, 1.54) is 37.8 Å². The molecule has 2 nitrogen and oxygen atoms in total. The molecule has 0 unspecified atom stereocenters. The molecule has 0 atom stereocenters. The van der Waals surface area contributed by atoms with Crippen LogP contribution in [0.2, 0.25) is 36.3 Å². The number of phenolic OH excluding ortho intramolecular Hbond substituents is 2. The Kier molecular flexibility index (Phi) is 17.0. The van der Waals surface area contributed by atoms with E-state index in [1.54, 1.807) is 0 Å². The average molecular weight is 675 g/mol. The third-order valence-electron chi connectivity index (χ3n) is 8.59. The van der Waals surface area contributed by atoms with Crippen molar-refractivity contribution in [2.75, 3.05) is 0 Å². The number of unbranched alkanes of at least 4 members (excludes halogenated alkanes) is 2. The average Bonchev–Trinajstić information content (AvgIpc) is 2.84. The summed E-state index contributed by atoms with van der Waals surface area (Å²) in [6.07, 6.45) is 4.75. The van der Waals surface area contributed by atoms with Crippen LogP contribution in [-0.2, 0) is 65.4 Å². The number of aromatic hydroxyl groups is 2. The Morgan fingerprint density at radius 1 is 0.722 bits per heavy atom. The molecule has 0 spiro atoms. The number of hydrogen-bond donors (Lipinski definition) is 2. The van der Waals surface area contributed by atoms with Crippen molar-refractivity contribution in [3.63, 3.8) is 0 Å². The van der Waals surface area contributed by atoms with Crippen LogP contribution in [-0.4, -0.2) is 26.4 Å². The predicted molar refractivity (Wildman–Crippen MR) is 154 cm³/mol. The van der Waals surface area contributed by atoms with E-state index in [4.69, 9.17) is 0 Å². The maximum Gasteiger partial charge on any atom is 0.0695 e. The third kappa shape index (κ3) is 7.66. The van der Waals surface area contributed by atoms with Crippen molar-refractivity contribution < 1.29 is 75.6 Å². The first-order chi connectivity index (χ1) is 16.2. The van der Waals surface area contributed by atoms with Crippen molar-refractivity contribution >= 4 is 26.5 Å². The Bertz CT molecular complexity index is 954. The van der Waals surface area contributed by atoms with Gasteiger partial charge in [0.2, 0.25) is 0 Å². The summed E-state index contributed by atoms with van der Waals surface area (Å²) in [6, 6.07) is 18.0. The van der Waals surface area contributed by atoms with Crippen LogP contribution in [0.5, 0.6) is 11.5 Å². The van der Waals surface area contributed by atoms with Gasteiger partial charge in [0.1, 0.15) is 0 Å². The van der Waals surface area contributed by atoms with Gasteiger partial charge in [0.25, 0.3) is 0 Å². The van der Waals surface area contributed by atoms with Gasteiger partial charge >= 0.3 is 0 Å². The molecule has 6 heteroatoms. The Labute approximate surface area is 274 Å². The number of hydrogen-bond acceptors (Lipinski definition) is 2. The molecule has 0 saturated heterocycles. The molecule has 2 aromatic carbocycles. The fourth-order valence-corrected chi connectivity index (χ4v) is 14.6. The SMILES string of the molecule is CCCC[Si](CC)(CC)c1cc(C)[c-]c(-c2c(C)[c-]cc([Si](CC)(CC)CCCC)c2O)c1O.[Y].[Y]. The van der Waals surface area contributed by atoms with Crippen molar-refractivity contribution in [1.29, 1.82) is 0 Å². The Morgan fingerprint density at radius 3 is 1.64 bits per heavy atom. The molecule has 2 radical (unpaired) electrons. The van der Waals surface area contributed by atoms with Gasteiger partial charge in [-0.1, -0.05) is 128 Å². The summed E-state index contributed by atoms with van der Waals surface area (Å²) in [5.74, 6) is 0.731. The van der Waals surface area contributed by atoms with Crippen LogP contribution in [0.3, 0.4) is 0 Å². The van der Waals surface area contributed by atoms with E-state index in [0.717, 1.165) is 51.2 Å². The molecule has 0 aliphatic rings. The van der Waals surface area contributed by atoms with Crippen LogP contribution in [0.1, 0.15) is 78.4 Å². The Morgan fingerprint density at radius 2 is 1.19 bits per heavy atom. The molecule has 0 amide bonds. The van der Waals surface area contributed by atoms with E-state index < -0.39 is 16.1 Å². The van der Waals surface area contributed by atoms with Crippen molar-refractivity contribution in [2.45, 2.75) is 117 Å². The molecule has 36 heavy (non-hydrogen) atoms. The van der Waals surface area contributed by atoms with E-state index in [0.29, 0.717) is 17.1 Å². The maximum atomic E-state index is 11.8. The Hall–Kier alpha value is 0.682. The number of rotatable bonds is 13. The zero-order valence-electron chi connectivity index (χ0n) is 24.3. The second-order valence-corrected chi connectivity index (χ2v) is 20.3. The molecule has 0 aromatic heterocycles. The molecule has 196 valence electrons. The zero-order chi connectivity index (χ0) is 25.5. The van der Waals surface area contributed by atoms with E-state index in [9.17, 15) is 10.2 Å². The summed E-state index contributed by atoms with van der Waals surface area (Å²) in [6.45, 7) is 17.7. The molecule has 0 saturated carbocycles. The van der Waals surface area contributed by atoms with E-state index >= 15 is 0 Å².